The minimum absolute atomic E-state index is 0.0422. The molecule has 0 aliphatic heterocycles. The molecule has 0 spiro atoms. The number of aromatic nitrogens is 1. The van der Waals surface area contributed by atoms with E-state index in [1.54, 1.807) is 0 Å². The first kappa shape index (κ1) is 15.2. The lowest BCUT2D eigenvalue weighted by molar-refractivity contribution is -0.139. The van der Waals surface area contributed by atoms with E-state index >= 15 is 0 Å². The van der Waals surface area contributed by atoms with Gasteiger partial charge >= 0.3 is 6.18 Å². The van der Waals surface area contributed by atoms with E-state index in [1.807, 2.05) is 0 Å². The van der Waals surface area contributed by atoms with E-state index < -0.39 is 29.2 Å². The van der Waals surface area contributed by atoms with E-state index in [0.29, 0.717) is 0 Å². The van der Waals surface area contributed by atoms with Crippen molar-refractivity contribution in [1.29, 1.82) is 0 Å². The number of pyridine rings is 1. The van der Waals surface area contributed by atoms with Crippen LogP contribution in [0.1, 0.15) is 22.8 Å². The van der Waals surface area contributed by atoms with Gasteiger partial charge in [0, 0.05) is 18.0 Å². The normalized spacial score (nSPS) is 13.0. The van der Waals surface area contributed by atoms with Crippen LogP contribution in [-0.2, 0) is 6.18 Å². The molecule has 0 saturated heterocycles. The highest BCUT2D eigenvalue weighted by molar-refractivity contribution is 5.43. The molecule has 1 atom stereocenters. The smallest absolute Gasteiger partial charge is 0.416 e. The first-order valence-electron chi connectivity index (χ1n) is 5.87. The molecule has 21 heavy (non-hydrogen) atoms. The number of aliphatic hydroxyl groups excluding tert-OH is 1. The Labute approximate surface area is 117 Å². The summed E-state index contributed by atoms with van der Waals surface area (Å²) < 4.78 is 57.6. The first-order chi connectivity index (χ1) is 9.86. The number of ether oxygens (including phenoxy) is 1. The van der Waals surface area contributed by atoms with E-state index in [9.17, 15) is 22.7 Å². The van der Waals surface area contributed by atoms with Gasteiger partial charge in [-0.05, 0) is 18.2 Å². The molecular formula is C14H11F4NO2. The molecule has 0 bridgehead atoms. The highest BCUT2D eigenvalue weighted by atomic mass is 19.4. The van der Waals surface area contributed by atoms with Gasteiger partial charge in [-0.15, -0.1) is 0 Å². The maximum Gasteiger partial charge on any atom is 0.416 e. The van der Waals surface area contributed by atoms with Crippen LogP contribution in [0.2, 0.25) is 0 Å². The van der Waals surface area contributed by atoms with Crippen molar-refractivity contribution in [2.45, 2.75) is 12.3 Å². The minimum atomic E-state index is -4.68. The van der Waals surface area contributed by atoms with Gasteiger partial charge in [0.25, 0.3) is 0 Å². The summed E-state index contributed by atoms with van der Waals surface area (Å²) in [4.78, 5) is 3.57. The quantitative estimate of drug-likeness (QED) is 0.884. The average molecular weight is 301 g/mol. The molecule has 0 aliphatic carbocycles. The number of aliphatic hydroxyl groups is 1. The Morgan fingerprint density at radius 3 is 2.57 bits per heavy atom. The molecule has 0 amide bonds. The molecule has 0 aliphatic rings. The summed E-state index contributed by atoms with van der Waals surface area (Å²) in [6.07, 6.45) is -4.71. The maximum absolute atomic E-state index is 13.9. The van der Waals surface area contributed by atoms with Crippen molar-refractivity contribution in [3.63, 3.8) is 0 Å². The van der Waals surface area contributed by atoms with Crippen molar-refractivity contribution < 1.29 is 27.4 Å². The third kappa shape index (κ3) is 2.97. The van der Waals surface area contributed by atoms with Gasteiger partial charge in [0.15, 0.2) is 0 Å². The van der Waals surface area contributed by atoms with Crippen molar-refractivity contribution >= 4 is 0 Å². The van der Waals surface area contributed by atoms with Gasteiger partial charge in [-0.1, -0.05) is 6.07 Å². The predicted molar refractivity (Wildman–Crippen MR) is 66.3 cm³/mol. The van der Waals surface area contributed by atoms with Crippen molar-refractivity contribution in [2.24, 2.45) is 0 Å². The van der Waals surface area contributed by atoms with E-state index in [4.69, 9.17) is 4.74 Å². The zero-order chi connectivity index (χ0) is 15.6. The summed E-state index contributed by atoms with van der Waals surface area (Å²) >= 11 is 0. The Bertz CT molecular complexity index is 643. The van der Waals surface area contributed by atoms with Gasteiger partial charge in [0.1, 0.15) is 17.7 Å². The van der Waals surface area contributed by atoms with Crippen LogP contribution in [0.3, 0.4) is 0 Å². The summed E-state index contributed by atoms with van der Waals surface area (Å²) in [5.41, 5.74) is -1.97. The number of nitrogens with zero attached hydrogens (tertiary/aromatic N) is 1. The molecule has 1 unspecified atom stereocenters. The fourth-order valence-corrected chi connectivity index (χ4v) is 2.00. The van der Waals surface area contributed by atoms with Crippen molar-refractivity contribution in [1.82, 2.24) is 4.98 Å². The molecule has 2 aromatic rings. The Kier molecular flexibility index (Phi) is 4.13. The molecule has 1 heterocycles. The number of benzene rings is 1. The van der Waals surface area contributed by atoms with Gasteiger partial charge in [-0.25, -0.2) is 4.39 Å². The third-order valence-corrected chi connectivity index (χ3v) is 2.96. The maximum atomic E-state index is 13.9. The van der Waals surface area contributed by atoms with Crippen molar-refractivity contribution in [2.75, 3.05) is 7.11 Å². The topological polar surface area (TPSA) is 42.4 Å². The molecule has 0 saturated carbocycles. The number of hydrogen-bond acceptors (Lipinski definition) is 3. The molecule has 0 radical (unpaired) electrons. The highest BCUT2D eigenvalue weighted by Gasteiger charge is 2.36. The fraction of sp³-hybridized carbons (Fsp3) is 0.214. The lowest BCUT2D eigenvalue weighted by atomic mass is 9.97. The molecule has 1 N–H and O–H groups in total. The van der Waals surface area contributed by atoms with Crippen molar-refractivity contribution in [3.8, 4) is 5.75 Å². The van der Waals surface area contributed by atoms with Crippen molar-refractivity contribution in [3.05, 3.63) is 59.2 Å². The largest absolute Gasteiger partial charge is 0.496 e. The SMILES string of the molecule is COc1cccc(F)c1C(O)c1cnccc1C(F)(F)F. The van der Waals surface area contributed by atoms with Crippen LogP contribution in [0.25, 0.3) is 0 Å². The average Bonchev–Trinajstić information content (AvgIpc) is 2.45. The summed E-state index contributed by atoms with van der Waals surface area (Å²) in [6.45, 7) is 0. The van der Waals surface area contributed by atoms with E-state index in [0.717, 1.165) is 24.5 Å². The van der Waals surface area contributed by atoms with Gasteiger partial charge in [0.2, 0.25) is 0 Å². The summed E-state index contributed by atoms with van der Waals surface area (Å²) in [5.74, 6) is -0.904. The zero-order valence-electron chi connectivity index (χ0n) is 10.9. The van der Waals surface area contributed by atoms with E-state index in [2.05, 4.69) is 4.98 Å². The molecule has 3 nitrogen and oxygen atoms in total. The zero-order valence-corrected chi connectivity index (χ0v) is 10.9. The number of halogens is 4. The Morgan fingerprint density at radius 2 is 1.95 bits per heavy atom. The Hall–Kier alpha value is -2.15. The Balaban J connectivity index is 2.59. The standard InChI is InChI=1S/C14H11F4NO2/c1-21-11-4-2-3-10(15)12(11)13(20)8-7-19-6-5-9(8)14(16,17)18/h2-7,13,20H,1H3. The number of rotatable bonds is 3. The number of hydrogen-bond donors (Lipinski definition) is 1. The molecule has 0 fully saturated rings. The van der Waals surface area contributed by atoms with Gasteiger partial charge in [0.05, 0.1) is 18.2 Å². The number of alkyl halides is 3. The van der Waals surface area contributed by atoms with Crippen LogP contribution >= 0.6 is 0 Å². The van der Waals surface area contributed by atoms with Gasteiger partial charge in [-0.3, -0.25) is 4.98 Å². The second kappa shape index (κ2) is 5.69. The van der Waals surface area contributed by atoms with Crippen LogP contribution in [0, 0.1) is 5.82 Å². The predicted octanol–water partition coefficient (Wildman–Crippen LogP) is 3.33. The lowest BCUT2D eigenvalue weighted by Crippen LogP contribution is -2.14. The molecular weight excluding hydrogens is 290 g/mol. The van der Waals surface area contributed by atoms with Crippen LogP contribution in [0.15, 0.2) is 36.7 Å². The second-order valence-corrected chi connectivity index (χ2v) is 4.22. The summed E-state index contributed by atoms with van der Waals surface area (Å²) in [7, 11) is 1.24. The van der Waals surface area contributed by atoms with E-state index in [-0.39, 0.29) is 11.3 Å². The van der Waals surface area contributed by atoms with Crippen LogP contribution in [0.4, 0.5) is 17.6 Å². The Morgan fingerprint density at radius 1 is 1.24 bits per heavy atom. The second-order valence-electron chi connectivity index (χ2n) is 4.22. The summed E-state index contributed by atoms with van der Waals surface area (Å²) in [5, 5.41) is 10.2. The minimum Gasteiger partial charge on any atom is -0.496 e. The van der Waals surface area contributed by atoms with Crippen LogP contribution in [0.5, 0.6) is 5.75 Å². The molecule has 1 aromatic heterocycles. The van der Waals surface area contributed by atoms with Gasteiger partial charge < -0.3 is 9.84 Å². The summed E-state index contributed by atoms with van der Waals surface area (Å²) in [6, 6.07) is 4.44. The highest BCUT2D eigenvalue weighted by Crippen LogP contribution is 2.38. The molecule has 7 heteroatoms. The number of methoxy groups -OCH3 is 1. The van der Waals surface area contributed by atoms with Gasteiger partial charge in [-0.2, -0.15) is 13.2 Å². The van der Waals surface area contributed by atoms with E-state index in [1.165, 1.54) is 19.2 Å². The monoisotopic (exact) mass is 301 g/mol. The fourth-order valence-electron chi connectivity index (χ4n) is 2.00. The van der Waals surface area contributed by atoms with Crippen LogP contribution < -0.4 is 4.74 Å². The van der Waals surface area contributed by atoms with Crippen LogP contribution in [-0.4, -0.2) is 17.2 Å². The lowest BCUT2D eigenvalue weighted by Gasteiger charge is -2.19. The molecule has 1 aromatic carbocycles. The molecule has 112 valence electrons. The first-order valence-corrected chi connectivity index (χ1v) is 5.87. The third-order valence-electron chi connectivity index (χ3n) is 2.96. The molecule has 2 rings (SSSR count).